The fourth-order valence-corrected chi connectivity index (χ4v) is 4.90. The second-order valence-electron chi connectivity index (χ2n) is 8.99. The third kappa shape index (κ3) is 5.57. The molecule has 2 aromatic rings. The Kier molecular flexibility index (Phi) is 7.35. The molecule has 184 valence electrons. The molecular weight excluding hydrogens is 476 g/mol. The zero-order valence-corrected chi connectivity index (χ0v) is 19.7. The molecule has 2 atom stereocenters. The molecule has 0 aliphatic heterocycles. The first-order valence-corrected chi connectivity index (χ1v) is 11.3. The average Bonchev–Trinajstić information content (AvgIpc) is 3.23. The van der Waals surface area contributed by atoms with Crippen molar-refractivity contribution in [3.05, 3.63) is 51.4 Å². The highest BCUT2D eigenvalue weighted by Crippen LogP contribution is 2.44. The van der Waals surface area contributed by atoms with Crippen LogP contribution in [0.4, 0.5) is 27.4 Å². The first-order valence-electron chi connectivity index (χ1n) is 10.5. The molecule has 0 bridgehead atoms. The Morgan fingerprint density at radius 2 is 1.71 bits per heavy atom. The number of carbonyl (C=O) groups excluding carboxylic acids is 3. The van der Waals surface area contributed by atoms with Crippen LogP contribution in [0.5, 0.6) is 0 Å². The van der Waals surface area contributed by atoms with Gasteiger partial charge in [0.1, 0.15) is 28.3 Å². The van der Waals surface area contributed by atoms with E-state index in [0.29, 0.717) is 4.88 Å². The number of carbonyl (C=O) groups is 3. The molecular formula is C23H24F4N2O4S. The summed E-state index contributed by atoms with van der Waals surface area (Å²) in [4.78, 5) is 38.3. The van der Waals surface area contributed by atoms with Crippen LogP contribution in [-0.2, 0) is 22.4 Å². The fourth-order valence-electron chi connectivity index (χ4n) is 3.58. The van der Waals surface area contributed by atoms with Crippen molar-refractivity contribution >= 4 is 34.1 Å². The van der Waals surface area contributed by atoms with E-state index < -0.39 is 59.0 Å². The number of fused-ring (bicyclic) bond motifs is 1. The molecule has 0 saturated carbocycles. The molecule has 1 aliphatic carbocycles. The molecule has 11 heteroatoms. The van der Waals surface area contributed by atoms with Crippen LogP contribution in [0.1, 0.15) is 54.1 Å². The largest absolute Gasteiger partial charge is 0.444 e. The van der Waals surface area contributed by atoms with Crippen molar-refractivity contribution in [1.29, 1.82) is 0 Å². The number of hydrogen-bond donors (Lipinski definition) is 2. The molecule has 3 rings (SSSR count). The number of nitrogens with one attached hydrogen (secondary N) is 2. The standard InChI is InChI=1S/C23H24F4N2O4S/c1-10(28-22(32)33-23(2,3)4)20(31)29-21-16(12-8-11(19(26)27)9-15(12)34-21)18(30)17-13(24)6-5-7-14(17)25/h5-7,10-11,19H,8-9H2,1-4H3,(H,28,32)(H,29,31)/t10-,11?/m0/s1. The molecule has 0 spiro atoms. The van der Waals surface area contributed by atoms with Gasteiger partial charge in [-0.2, -0.15) is 0 Å². The van der Waals surface area contributed by atoms with Gasteiger partial charge in [0.2, 0.25) is 18.1 Å². The number of benzene rings is 1. The van der Waals surface area contributed by atoms with E-state index in [9.17, 15) is 31.9 Å². The van der Waals surface area contributed by atoms with Crippen molar-refractivity contribution in [1.82, 2.24) is 5.32 Å². The molecule has 6 nitrogen and oxygen atoms in total. The lowest BCUT2D eigenvalue weighted by atomic mass is 9.98. The molecule has 0 radical (unpaired) electrons. The fraction of sp³-hybridized carbons (Fsp3) is 0.435. The van der Waals surface area contributed by atoms with E-state index in [4.69, 9.17) is 4.74 Å². The van der Waals surface area contributed by atoms with Crippen LogP contribution in [0, 0.1) is 17.6 Å². The van der Waals surface area contributed by atoms with E-state index in [1.807, 2.05) is 0 Å². The third-order valence-electron chi connectivity index (χ3n) is 5.14. The molecule has 0 fully saturated rings. The number of halogens is 4. The zero-order chi connectivity index (χ0) is 25.4. The van der Waals surface area contributed by atoms with Crippen molar-refractivity contribution in [3.8, 4) is 0 Å². The lowest BCUT2D eigenvalue weighted by molar-refractivity contribution is -0.117. The summed E-state index contributed by atoms with van der Waals surface area (Å²) in [5.41, 5.74) is -1.60. The Morgan fingerprint density at radius 1 is 1.09 bits per heavy atom. The zero-order valence-electron chi connectivity index (χ0n) is 18.9. The monoisotopic (exact) mass is 500 g/mol. The minimum Gasteiger partial charge on any atom is -0.444 e. The molecule has 2 N–H and O–H groups in total. The van der Waals surface area contributed by atoms with Gasteiger partial charge in [0.25, 0.3) is 0 Å². The molecule has 2 amide bonds. The van der Waals surface area contributed by atoms with Crippen LogP contribution < -0.4 is 10.6 Å². The van der Waals surface area contributed by atoms with E-state index in [2.05, 4.69) is 10.6 Å². The van der Waals surface area contributed by atoms with Gasteiger partial charge in [-0.3, -0.25) is 9.59 Å². The van der Waals surface area contributed by atoms with E-state index >= 15 is 0 Å². The maximum absolute atomic E-state index is 14.3. The van der Waals surface area contributed by atoms with Crippen molar-refractivity contribution in [2.24, 2.45) is 5.92 Å². The normalized spacial score (nSPS) is 16.2. The molecule has 1 heterocycles. The van der Waals surface area contributed by atoms with Crippen molar-refractivity contribution in [2.45, 2.75) is 58.6 Å². The molecule has 1 unspecified atom stereocenters. The predicted octanol–water partition coefficient (Wildman–Crippen LogP) is 5.09. The predicted molar refractivity (Wildman–Crippen MR) is 118 cm³/mol. The van der Waals surface area contributed by atoms with Crippen LogP contribution in [0.3, 0.4) is 0 Å². The van der Waals surface area contributed by atoms with Gasteiger partial charge in [0.15, 0.2) is 0 Å². The van der Waals surface area contributed by atoms with E-state index in [-0.39, 0.29) is 29.0 Å². The first kappa shape index (κ1) is 25.7. The molecule has 1 aromatic heterocycles. The Balaban J connectivity index is 1.91. The Hall–Kier alpha value is -2.95. The summed E-state index contributed by atoms with van der Waals surface area (Å²) in [6.45, 7) is 6.33. The molecule has 1 aliphatic rings. The summed E-state index contributed by atoms with van der Waals surface area (Å²) in [6.07, 6.45) is -3.67. The van der Waals surface area contributed by atoms with Gasteiger partial charge < -0.3 is 15.4 Å². The quantitative estimate of drug-likeness (QED) is 0.428. The summed E-state index contributed by atoms with van der Waals surface area (Å²) in [5.74, 6) is -5.02. The van der Waals surface area contributed by atoms with Crippen molar-refractivity contribution in [3.63, 3.8) is 0 Å². The second kappa shape index (κ2) is 9.73. The third-order valence-corrected chi connectivity index (χ3v) is 6.31. The lowest BCUT2D eigenvalue weighted by Crippen LogP contribution is -2.44. The number of alkyl halides is 2. The minimum atomic E-state index is -2.64. The van der Waals surface area contributed by atoms with Gasteiger partial charge in [-0.05, 0) is 58.2 Å². The number of ketones is 1. The van der Waals surface area contributed by atoms with Gasteiger partial charge in [-0.1, -0.05) is 6.07 Å². The Bertz CT molecular complexity index is 1110. The number of hydrogen-bond acceptors (Lipinski definition) is 5. The highest BCUT2D eigenvalue weighted by Gasteiger charge is 2.37. The smallest absolute Gasteiger partial charge is 0.408 e. The number of alkyl carbamates (subject to hydrolysis) is 1. The minimum absolute atomic E-state index is 0.0202. The maximum atomic E-state index is 14.3. The SMILES string of the molecule is C[C@H](NC(=O)OC(C)(C)C)C(=O)Nc1sc2c(c1C(=O)c1c(F)cccc1F)CC(C(F)F)C2. The maximum Gasteiger partial charge on any atom is 0.408 e. The lowest BCUT2D eigenvalue weighted by Gasteiger charge is -2.21. The van der Waals surface area contributed by atoms with E-state index in [1.54, 1.807) is 20.8 Å². The Labute approximate surface area is 197 Å². The topological polar surface area (TPSA) is 84.5 Å². The number of amides is 2. The highest BCUT2D eigenvalue weighted by atomic mass is 32.1. The average molecular weight is 501 g/mol. The summed E-state index contributed by atoms with van der Waals surface area (Å²) < 4.78 is 60.4. The molecule has 34 heavy (non-hydrogen) atoms. The number of ether oxygens (including phenoxy) is 1. The summed E-state index contributed by atoms with van der Waals surface area (Å²) in [7, 11) is 0. The van der Waals surface area contributed by atoms with Crippen molar-refractivity contribution in [2.75, 3.05) is 5.32 Å². The van der Waals surface area contributed by atoms with Gasteiger partial charge in [0, 0.05) is 10.8 Å². The Morgan fingerprint density at radius 3 is 2.26 bits per heavy atom. The van der Waals surface area contributed by atoms with Crippen LogP contribution >= 0.6 is 11.3 Å². The van der Waals surface area contributed by atoms with Gasteiger partial charge in [-0.15, -0.1) is 11.3 Å². The van der Waals surface area contributed by atoms with E-state index in [1.165, 1.54) is 6.92 Å². The number of anilines is 1. The summed E-state index contributed by atoms with van der Waals surface area (Å²) >= 11 is 0.904. The highest BCUT2D eigenvalue weighted by molar-refractivity contribution is 7.17. The van der Waals surface area contributed by atoms with Crippen LogP contribution in [-0.4, -0.2) is 35.9 Å². The second-order valence-corrected chi connectivity index (χ2v) is 10.1. The van der Waals surface area contributed by atoms with Crippen LogP contribution in [0.25, 0.3) is 0 Å². The van der Waals surface area contributed by atoms with Gasteiger partial charge >= 0.3 is 6.09 Å². The van der Waals surface area contributed by atoms with Crippen LogP contribution in [0.15, 0.2) is 18.2 Å². The van der Waals surface area contributed by atoms with Crippen LogP contribution in [0.2, 0.25) is 0 Å². The van der Waals surface area contributed by atoms with E-state index in [0.717, 1.165) is 29.5 Å². The first-order chi connectivity index (χ1) is 15.8. The number of thiophene rings is 1. The number of rotatable bonds is 6. The van der Waals surface area contributed by atoms with Crippen molar-refractivity contribution < 1.29 is 36.7 Å². The van der Waals surface area contributed by atoms with Gasteiger partial charge in [-0.25, -0.2) is 22.4 Å². The van der Waals surface area contributed by atoms with Gasteiger partial charge in [0.05, 0.1) is 11.1 Å². The molecule has 1 aromatic carbocycles. The molecule has 0 saturated heterocycles. The summed E-state index contributed by atoms with van der Waals surface area (Å²) in [6, 6.07) is 1.83. The summed E-state index contributed by atoms with van der Waals surface area (Å²) in [5, 5.41) is 4.83.